The van der Waals surface area contributed by atoms with Crippen molar-refractivity contribution in [2.24, 2.45) is 11.3 Å². The molecule has 1 fully saturated rings. The molecular formula is C15H24O3. The summed E-state index contributed by atoms with van der Waals surface area (Å²) in [7, 11) is 0. The van der Waals surface area contributed by atoms with E-state index in [1.807, 2.05) is 27.7 Å². The second-order valence-electron chi connectivity index (χ2n) is 6.28. The van der Waals surface area contributed by atoms with E-state index in [1.54, 1.807) is 0 Å². The Kier molecular flexibility index (Phi) is 4.49. The van der Waals surface area contributed by atoms with Gasteiger partial charge in [-0.05, 0) is 31.8 Å². The van der Waals surface area contributed by atoms with Crippen molar-refractivity contribution in [3.63, 3.8) is 0 Å². The van der Waals surface area contributed by atoms with Gasteiger partial charge in [0.25, 0.3) is 0 Å². The minimum atomic E-state index is -0.834. The van der Waals surface area contributed by atoms with Gasteiger partial charge in [0.1, 0.15) is 12.1 Å². The van der Waals surface area contributed by atoms with Crippen LogP contribution in [0.5, 0.6) is 0 Å². The monoisotopic (exact) mass is 252 g/mol. The third-order valence-corrected chi connectivity index (χ3v) is 4.41. The van der Waals surface area contributed by atoms with Gasteiger partial charge in [0.2, 0.25) is 0 Å². The summed E-state index contributed by atoms with van der Waals surface area (Å²) in [6, 6.07) is 0. The third kappa shape index (κ3) is 2.89. The van der Waals surface area contributed by atoms with E-state index >= 15 is 0 Å². The van der Waals surface area contributed by atoms with Crippen LogP contribution in [0.1, 0.15) is 53.4 Å². The first-order valence-corrected chi connectivity index (χ1v) is 6.58. The molecule has 3 nitrogen and oxygen atoms in total. The number of hydrogen-bond donors (Lipinski definition) is 1. The lowest BCUT2D eigenvalue weighted by Crippen LogP contribution is -2.54. The summed E-state index contributed by atoms with van der Waals surface area (Å²) in [6.45, 7) is 7.75. The molecule has 102 valence electrons. The van der Waals surface area contributed by atoms with Gasteiger partial charge in [0.05, 0.1) is 5.60 Å². The molecule has 0 saturated heterocycles. The minimum Gasteiger partial charge on any atom is -0.389 e. The zero-order valence-corrected chi connectivity index (χ0v) is 11.8. The van der Waals surface area contributed by atoms with Gasteiger partial charge in [-0.3, -0.25) is 9.59 Å². The molecule has 1 rings (SSSR count). The van der Waals surface area contributed by atoms with Crippen LogP contribution in [-0.4, -0.2) is 22.8 Å². The summed E-state index contributed by atoms with van der Waals surface area (Å²) < 4.78 is 0. The van der Waals surface area contributed by atoms with E-state index in [-0.39, 0.29) is 11.7 Å². The summed E-state index contributed by atoms with van der Waals surface area (Å²) >= 11 is 0. The largest absolute Gasteiger partial charge is 0.389 e. The zero-order valence-electron chi connectivity index (χ0n) is 11.8. The first kappa shape index (κ1) is 15.1. The summed E-state index contributed by atoms with van der Waals surface area (Å²) in [6.07, 6.45) is 4.50. The average Bonchev–Trinajstić information content (AvgIpc) is 2.23. The van der Waals surface area contributed by atoms with Gasteiger partial charge in [-0.25, -0.2) is 0 Å². The Morgan fingerprint density at radius 1 is 1.50 bits per heavy atom. The standard InChI is InChI=1S/C15H24O3/c1-11(6-8-16)5-7-15(18)12(2)9-13(17)10-14(15,3)4/h6,8,12,18H,5,7,9-10H2,1-4H3/b11-6-. The first-order chi connectivity index (χ1) is 8.23. The molecule has 2 unspecified atom stereocenters. The highest BCUT2D eigenvalue weighted by Crippen LogP contribution is 2.48. The highest BCUT2D eigenvalue weighted by Gasteiger charge is 2.51. The van der Waals surface area contributed by atoms with Crippen LogP contribution < -0.4 is 0 Å². The summed E-state index contributed by atoms with van der Waals surface area (Å²) in [5, 5.41) is 10.9. The Morgan fingerprint density at radius 2 is 2.11 bits per heavy atom. The van der Waals surface area contributed by atoms with E-state index in [9.17, 15) is 14.7 Å². The molecule has 3 heteroatoms. The predicted octanol–water partition coefficient (Wildman–Crippen LogP) is 2.67. The van der Waals surface area contributed by atoms with Crippen LogP contribution in [0.25, 0.3) is 0 Å². The third-order valence-electron chi connectivity index (χ3n) is 4.41. The van der Waals surface area contributed by atoms with Crippen molar-refractivity contribution in [1.82, 2.24) is 0 Å². The van der Waals surface area contributed by atoms with E-state index in [4.69, 9.17) is 0 Å². The molecule has 0 aromatic carbocycles. The van der Waals surface area contributed by atoms with Crippen LogP contribution in [0.15, 0.2) is 11.6 Å². The fraction of sp³-hybridized carbons (Fsp3) is 0.733. The van der Waals surface area contributed by atoms with Crippen LogP contribution in [0, 0.1) is 11.3 Å². The van der Waals surface area contributed by atoms with E-state index in [0.29, 0.717) is 25.7 Å². The second-order valence-corrected chi connectivity index (χ2v) is 6.28. The number of rotatable bonds is 4. The molecule has 0 spiro atoms. The maximum Gasteiger partial charge on any atom is 0.142 e. The first-order valence-electron chi connectivity index (χ1n) is 6.58. The number of carbonyl (C=O) groups is 2. The molecule has 0 aromatic heterocycles. The number of hydrogen-bond acceptors (Lipinski definition) is 3. The van der Waals surface area contributed by atoms with Crippen molar-refractivity contribution in [2.45, 2.75) is 59.0 Å². The van der Waals surface area contributed by atoms with Crippen molar-refractivity contribution in [3.8, 4) is 0 Å². The van der Waals surface area contributed by atoms with Gasteiger partial charge >= 0.3 is 0 Å². The lowest BCUT2D eigenvalue weighted by molar-refractivity contribution is -0.158. The molecule has 0 heterocycles. The van der Waals surface area contributed by atoms with E-state index < -0.39 is 11.0 Å². The maximum atomic E-state index is 11.6. The Balaban J connectivity index is 2.84. The van der Waals surface area contributed by atoms with Gasteiger partial charge in [0, 0.05) is 18.3 Å². The molecule has 1 aliphatic carbocycles. The smallest absolute Gasteiger partial charge is 0.142 e. The minimum absolute atomic E-state index is 0.0298. The number of Topliss-reactive ketones (excluding diaryl/α,β-unsaturated/α-hetero) is 1. The van der Waals surface area contributed by atoms with Crippen molar-refractivity contribution in [2.75, 3.05) is 0 Å². The van der Waals surface area contributed by atoms with Crippen LogP contribution in [0.3, 0.4) is 0 Å². The number of aldehydes is 1. The zero-order chi connectivity index (χ0) is 14.0. The van der Waals surface area contributed by atoms with E-state index in [0.717, 1.165) is 11.9 Å². The Morgan fingerprint density at radius 3 is 2.61 bits per heavy atom. The molecule has 0 aromatic rings. The lowest BCUT2D eigenvalue weighted by atomic mass is 9.58. The topological polar surface area (TPSA) is 54.4 Å². The molecule has 2 atom stereocenters. The highest BCUT2D eigenvalue weighted by molar-refractivity contribution is 5.80. The van der Waals surface area contributed by atoms with Crippen LogP contribution in [0.4, 0.5) is 0 Å². The number of carbonyl (C=O) groups excluding carboxylic acids is 2. The van der Waals surface area contributed by atoms with Crippen LogP contribution in [-0.2, 0) is 9.59 Å². The average molecular weight is 252 g/mol. The van der Waals surface area contributed by atoms with Gasteiger partial charge in [-0.15, -0.1) is 0 Å². The maximum absolute atomic E-state index is 11.6. The lowest BCUT2D eigenvalue weighted by Gasteiger charge is -2.50. The highest BCUT2D eigenvalue weighted by atomic mass is 16.3. The normalized spacial score (nSPS) is 32.4. The van der Waals surface area contributed by atoms with Crippen LogP contribution in [0.2, 0.25) is 0 Å². The fourth-order valence-electron chi connectivity index (χ4n) is 3.07. The number of allylic oxidation sites excluding steroid dienone is 2. The molecule has 18 heavy (non-hydrogen) atoms. The van der Waals surface area contributed by atoms with Gasteiger partial charge in [-0.2, -0.15) is 0 Å². The Labute approximate surface area is 109 Å². The summed E-state index contributed by atoms with van der Waals surface area (Å²) in [5.74, 6) is 0.204. The quantitative estimate of drug-likeness (QED) is 0.618. The molecular weight excluding hydrogens is 228 g/mol. The molecule has 1 N–H and O–H groups in total. The number of aliphatic hydroxyl groups is 1. The van der Waals surface area contributed by atoms with Gasteiger partial charge in [0.15, 0.2) is 0 Å². The molecule has 0 aliphatic heterocycles. The van der Waals surface area contributed by atoms with E-state index in [1.165, 1.54) is 6.08 Å². The molecule has 1 saturated carbocycles. The summed E-state index contributed by atoms with van der Waals surface area (Å²) in [5.41, 5.74) is -0.263. The Hall–Kier alpha value is -0.960. The van der Waals surface area contributed by atoms with Crippen molar-refractivity contribution < 1.29 is 14.7 Å². The number of ketones is 1. The molecule has 1 aliphatic rings. The molecule has 0 bridgehead atoms. The SMILES string of the molecule is C/C(=C/C=O)CCC1(O)C(C)CC(=O)CC1(C)C. The van der Waals surface area contributed by atoms with Crippen LogP contribution >= 0.6 is 0 Å². The van der Waals surface area contributed by atoms with Crippen molar-refractivity contribution in [1.29, 1.82) is 0 Å². The predicted molar refractivity (Wildman–Crippen MR) is 71.2 cm³/mol. The molecule has 0 radical (unpaired) electrons. The molecule has 0 amide bonds. The second kappa shape index (κ2) is 5.35. The van der Waals surface area contributed by atoms with E-state index in [2.05, 4.69) is 0 Å². The summed E-state index contributed by atoms with van der Waals surface area (Å²) in [4.78, 5) is 22.0. The Bertz CT molecular complexity index is 368. The van der Waals surface area contributed by atoms with Gasteiger partial charge in [-0.1, -0.05) is 26.3 Å². The van der Waals surface area contributed by atoms with Crippen molar-refractivity contribution in [3.05, 3.63) is 11.6 Å². The van der Waals surface area contributed by atoms with Gasteiger partial charge < -0.3 is 5.11 Å². The fourth-order valence-corrected chi connectivity index (χ4v) is 3.07. The van der Waals surface area contributed by atoms with Crippen molar-refractivity contribution >= 4 is 12.1 Å².